The second-order valence-corrected chi connectivity index (χ2v) is 9.19. The molecule has 29 heavy (non-hydrogen) atoms. The van der Waals surface area contributed by atoms with Crippen molar-refractivity contribution in [3.05, 3.63) is 29.8 Å². The number of nitrogens with one attached hydrogen (secondary N) is 2. The van der Waals surface area contributed by atoms with Gasteiger partial charge in [-0.05, 0) is 87.3 Å². The van der Waals surface area contributed by atoms with Crippen molar-refractivity contribution in [3.63, 3.8) is 0 Å². The van der Waals surface area contributed by atoms with E-state index in [1.54, 1.807) is 6.92 Å². The molecule has 156 valence electrons. The molecule has 0 heterocycles. The molecule has 4 aliphatic carbocycles. The first-order chi connectivity index (χ1) is 14.0. The van der Waals surface area contributed by atoms with Gasteiger partial charge in [-0.2, -0.15) is 5.10 Å². The lowest BCUT2D eigenvalue weighted by Gasteiger charge is -2.54. The van der Waals surface area contributed by atoms with Crippen molar-refractivity contribution in [2.24, 2.45) is 28.8 Å². The molecule has 0 radical (unpaired) electrons. The van der Waals surface area contributed by atoms with Crippen LogP contribution in [-0.2, 0) is 9.59 Å². The van der Waals surface area contributed by atoms with Gasteiger partial charge in [0.25, 0.3) is 5.91 Å². The fraction of sp³-hybridized carbons (Fsp3) is 0.609. The van der Waals surface area contributed by atoms with Crippen molar-refractivity contribution >= 4 is 17.5 Å². The Morgan fingerprint density at radius 2 is 1.76 bits per heavy atom. The topological polar surface area (TPSA) is 79.8 Å². The fourth-order valence-corrected chi connectivity index (χ4v) is 5.71. The number of hydrazone groups is 1. The summed E-state index contributed by atoms with van der Waals surface area (Å²) in [6.45, 7) is 3.62. The number of hydrogen-bond acceptors (Lipinski definition) is 4. The predicted molar refractivity (Wildman–Crippen MR) is 112 cm³/mol. The predicted octanol–water partition coefficient (Wildman–Crippen LogP) is 3.20. The molecule has 5 rings (SSSR count). The van der Waals surface area contributed by atoms with Crippen LogP contribution < -0.4 is 15.5 Å². The molecule has 4 bridgehead atoms. The van der Waals surface area contributed by atoms with Gasteiger partial charge in [0.1, 0.15) is 5.75 Å². The van der Waals surface area contributed by atoms with Crippen LogP contribution in [0.15, 0.2) is 29.4 Å². The lowest BCUT2D eigenvalue weighted by molar-refractivity contribution is -0.124. The first-order valence-electron chi connectivity index (χ1n) is 10.8. The summed E-state index contributed by atoms with van der Waals surface area (Å²) in [6.07, 6.45) is 6.74. The molecule has 1 aromatic rings. The van der Waals surface area contributed by atoms with E-state index < -0.39 is 0 Å². The lowest BCUT2D eigenvalue weighted by Crippen LogP contribution is -2.56. The van der Waals surface area contributed by atoms with Gasteiger partial charge >= 0.3 is 0 Å². The van der Waals surface area contributed by atoms with Crippen LogP contribution in [0.2, 0.25) is 0 Å². The molecular formula is C23H31N3O3. The highest BCUT2D eigenvalue weighted by Gasteiger charge is 2.48. The van der Waals surface area contributed by atoms with Gasteiger partial charge < -0.3 is 10.1 Å². The second kappa shape index (κ2) is 8.56. The molecule has 2 amide bonds. The quantitative estimate of drug-likeness (QED) is 0.548. The number of nitrogens with zero attached hydrogens (tertiary/aromatic N) is 1. The molecular weight excluding hydrogens is 366 g/mol. The molecule has 0 atom stereocenters. The molecule has 4 aliphatic rings. The van der Waals surface area contributed by atoms with Gasteiger partial charge in [-0.1, -0.05) is 12.1 Å². The number of benzene rings is 1. The Bertz CT molecular complexity index is 776. The van der Waals surface area contributed by atoms with Crippen molar-refractivity contribution in [1.82, 2.24) is 10.7 Å². The van der Waals surface area contributed by atoms with E-state index in [-0.39, 0.29) is 24.8 Å². The van der Waals surface area contributed by atoms with E-state index >= 15 is 0 Å². The maximum atomic E-state index is 12.5. The van der Waals surface area contributed by atoms with Crippen LogP contribution >= 0.6 is 0 Å². The summed E-state index contributed by atoms with van der Waals surface area (Å²) in [5, 5.41) is 7.33. The molecule has 0 aromatic heterocycles. The van der Waals surface area contributed by atoms with Crippen LogP contribution in [0.5, 0.6) is 5.75 Å². The van der Waals surface area contributed by atoms with Crippen LogP contribution in [-0.4, -0.2) is 30.2 Å². The minimum absolute atomic E-state index is 0.00832. The Hall–Kier alpha value is -2.37. The largest absolute Gasteiger partial charge is 0.484 e. The minimum Gasteiger partial charge on any atom is -0.484 e. The van der Waals surface area contributed by atoms with Crippen molar-refractivity contribution in [3.8, 4) is 5.75 Å². The van der Waals surface area contributed by atoms with Gasteiger partial charge in [-0.25, -0.2) is 5.43 Å². The Kier molecular flexibility index (Phi) is 5.88. The van der Waals surface area contributed by atoms with E-state index in [0.717, 1.165) is 17.4 Å². The van der Waals surface area contributed by atoms with E-state index in [4.69, 9.17) is 4.74 Å². The summed E-state index contributed by atoms with van der Waals surface area (Å²) >= 11 is 0. The van der Waals surface area contributed by atoms with Crippen LogP contribution in [0, 0.1) is 30.6 Å². The molecule has 1 aromatic carbocycles. The van der Waals surface area contributed by atoms with Gasteiger partial charge in [0.2, 0.25) is 5.91 Å². The molecule has 6 heteroatoms. The van der Waals surface area contributed by atoms with Crippen LogP contribution in [0.4, 0.5) is 0 Å². The van der Waals surface area contributed by atoms with E-state index in [2.05, 4.69) is 15.8 Å². The summed E-state index contributed by atoms with van der Waals surface area (Å²) in [7, 11) is 0. The molecule has 0 aliphatic heterocycles. The molecule has 0 spiro atoms. The average molecular weight is 398 g/mol. The third kappa shape index (κ3) is 4.98. The third-order valence-corrected chi connectivity index (χ3v) is 6.70. The molecule has 4 saturated carbocycles. The Balaban J connectivity index is 1.20. The van der Waals surface area contributed by atoms with E-state index in [1.165, 1.54) is 32.1 Å². The Morgan fingerprint density at radius 3 is 2.41 bits per heavy atom. The van der Waals surface area contributed by atoms with Crippen molar-refractivity contribution < 1.29 is 14.3 Å². The highest BCUT2D eigenvalue weighted by Crippen LogP contribution is 2.53. The normalized spacial score (nSPS) is 30.1. The highest BCUT2D eigenvalue weighted by atomic mass is 16.5. The molecule has 0 unspecified atom stereocenters. The maximum Gasteiger partial charge on any atom is 0.277 e. The first kappa shape index (κ1) is 19.9. The minimum atomic E-state index is -0.340. The molecule has 4 fully saturated rings. The number of aryl methyl sites for hydroxylation is 1. The summed E-state index contributed by atoms with van der Waals surface area (Å²) in [5.74, 6) is 3.42. The smallest absolute Gasteiger partial charge is 0.277 e. The van der Waals surface area contributed by atoms with Crippen LogP contribution in [0.25, 0.3) is 0 Å². The number of amides is 2. The van der Waals surface area contributed by atoms with Gasteiger partial charge in [0.05, 0.1) is 6.42 Å². The van der Waals surface area contributed by atoms with Crippen LogP contribution in [0.3, 0.4) is 0 Å². The maximum absolute atomic E-state index is 12.5. The zero-order chi connectivity index (χ0) is 20.4. The zero-order valence-corrected chi connectivity index (χ0v) is 17.3. The lowest BCUT2D eigenvalue weighted by atomic mass is 9.54. The van der Waals surface area contributed by atoms with E-state index in [0.29, 0.717) is 29.3 Å². The fourth-order valence-electron chi connectivity index (χ4n) is 5.71. The van der Waals surface area contributed by atoms with Gasteiger partial charge in [0, 0.05) is 11.8 Å². The molecule has 2 N–H and O–H groups in total. The van der Waals surface area contributed by atoms with E-state index in [9.17, 15) is 9.59 Å². The van der Waals surface area contributed by atoms with Gasteiger partial charge in [-0.3, -0.25) is 9.59 Å². The second-order valence-electron chi connectivity index (χ2n) is 9.19. The summed E-state index contributed by atoms with van der Waals surface area (Å²) in [5.41, 5.74) is 4.14. The number of rotatable bonds is 7. The average Bonchev–Trinajstić information content (AvgIpc) is 2.67. The summed E-state index contributed by atoms with van der Waals surface area (Å²) < 4.78 is 5.46. The number of carbonyl (C=O) groups is 2. The number of hydrogen-bond donors (Lipinski definition) is 2. The highest BCUT2D eigenvalue weighted by molar-refractivity contribution is 6.00. The monoisotopic (exact) mass is 397 g/mol. The zero-order valence-electron chi connectivity index (χ0n) is 17.3. The van der Waals surface area contributed by atoms with Crippen LogP contribution in [0.1, 0.15) is 51.0 Å². The van der Waals surface area contributed by atoms with Gasteiger partial charge in [0.15, 0.2) is 6.61 Å². The SMILES string of the molecule is C/C(CC(=O)NC1C2CC3CC(C2)CC1C3)=N/NC(=O)COc1cccc(C)c1. The third-order valence-electron chi connectivity index (χ3n) is 6.70. The Labute approximate surface area is 172 Å². The molecule has 0 saturated heterocycles. The summed E-state index contributed by atoms with van der Waals surface area (Å²) in [6, 6.07) is 7.86. The number of ether oxygens (including phenoxy) is 1. The van der Waals surface area contributed by atoms with E-state index in [1.807, 2.05) is 31.2 Å². The van der Waals surface area contributed by atoms with Crippen molar-refractivity contribution in [1.29, 1.82) is 0 Å². The van der Waals surface area contributed by atoms with Crippen molar-refractivity contribution in [2.75, 3.05) is 6.61 Å². The van der Waals surface area contributed by atoms with Gasteiger partial charge in [-0.15, -0.1) is 0 Å². The molecule has 6 nitrogen and oxygen atoms in total. The van der Waals surface area contributed by atoms with Crippen molar-refractivity contribution in [2.45, 2.75) is 58.4 Å². The first-order valence-corrected chi connectivity index (χ1v) is 10.8. The number of carbonyl (C=O) groups excluding carboxylic acids is 2. The standard InChI is InChI=1S/C23H31N3O3/c1-14-4-3-5-20(6-14)29-13-22(28)26-25-15(2)7-21(27)24-23-18-9-16-8-17(11-18)12-19(23)10-16/h3-6,16-19,23H,7-13H2,1-2H3,(H,24,27)(H,26,28)/b25-15-. The Morgan fingerprint density at radius 1 is 1.07 bits per heavy atom. The summed E-state index contributed by atoms with van der Waals surface area (Å²) in [4.78, 5) is 24.4.